The number of carbonyl (C=O) groups excluding carboxylic acids is 1. The first kappa shape index (κ1) is 13.1. The van der Waals surface area contributed by atoms with Crippen LogP contribution in [0.15, 0.2) is 30.3 Å². The highest BCUT2D eigenvalue weighted by Gasteiger charge is 2.38. The highest BCUT2D eigenvalue weighted by atomic mass is 16.3. The predicted octanol–water partition coefficient (Wildman–Crippen LogP) is 0.844. The third-order valence-corrected chi connectivity index (χ3v) is 3.67. The monoisotopic (exact) mass is 248 g/mol. The first-order valence-electron chi connectivity index (χ1n) is 6.33. The Labute approximate surface area is 107 Å². The fraction of sp³-hybridized carbons (Fsp3) is 0.500. The molecule has 1 fully saturated rings. The highest BCUT2D eigenvalue weighted by Crippen LogP contribution is 2.25. The molecule has 1 aromatic rings. The van der Waals surface area contributed by atoms with Crippen LogP contribution in [0.1, 0.15) is 25.3 Å². The van der Waals surface area contributed by atoms with Crippen LogP contribution in [0.2, 0.25) is 0 Å². The van der Waals surface area contributed by atoms with Crippen molar-refractivity contribution in [2.75, 3.05) is 13.2 Å². The molecule has 1 aromatic carbocycles. The van der Waals surface area contributed by atoms with E-state index >= 15 is 0 Å². The number of amides is 1. The number of aliphatic hydroxyl groups excluding tert-OH is 1. The first-order chi connectivity index (χ1) is 8.57. The lowest BCUT2D eigenvalue weighted by Crippen LogP contribution is -2.53. The summed E-state index contributed by atoms with van der Waals surface area (Å²) in [5, 5.41) is 9.29. The lowest BCUT2D eigenvalue weighted by Gasteiger charge is -2.32. The Morgan fingerprint density at radius 2 is 2.17 bits per heavy atom. The molecule has 0 radical (unpaired) electrons. The van der Waals surface area contributed by atoms with E-state index in [0.29, 0.717) is 6.54 Å². The van der Waals surface area contributed by atoms with Gasteiger partial charge in [0.05, 0.1) is 12.6 Å². The van der Waals surface area contributed by atoms with Gasteiger partial charge in [-0.1, -0.05) is 30.3 Å². The van der Waals surface area contributed by atoms with Gasteiger partial charge < -0.3 is 15.7 Å². The molecule has 1 amide bonds. The number of nitrogens with zero attached hydrogens (tertiary/aromatic N) is 1. The summed E-state index contributed by atoms with van der Waals surface area (Å²) in [5.41, 5.74) is 5.98. The van der Waals surface area contributed by atoms with Gasteiger partial charge in [-0.25, -0.2) is 0 Å². The largest absolute Gasteiger partial charge is 0.394 e. The number of carbonyl (C=O) groups is 1. The van der Waals surface area contributed by atoms with Gasteiger partial charge in [-0.3, -0.25) is 4.79 Å². The van der Waals surface area contributed by atoms with Gasteiger partial charge in [-0.15, -0.1) is 0 Å². The Hall–Kier alpha value is -1.39. The molecule has 4 heteroatoms. The molecule has 0 aliphatic carbocycles. The van der Waals surface area contributed by atoms with Crippen molar-refractivity contribution in [2.24, 2.45) is 5.73 Å². The van der Waals surface area contributed by atoms with Crippen molar-refractivity contribution in [1.29, 1.82) is 0 Å². The van der Waals surface area contributed by atoms with Gasteiger partial charge in [-0.2, -0.15) is 0 Å². The number of rotatable bonds is 3. The van der Waals surface area contributed by atoms with E-state index in [-0.39, 0.29) is 18.6 Å². The minimum atomic E-state index is -1.03. The molecular weight excluding hydrogens is 228 g/mol. The SMILES string of the molecule is CC(N)(C(=O)N1CCCC1CO)c1ccccc1. The molecule has 4 nitrogen and oxygen atoms in total. The number of aliphatic hydroxyl groups is 1. The van der Waals surface area contributed by atoms with Crippen LogP contribution in [0.4, 0.5) is 0 Å². The Balaban J connectivity index is 2.22. The van der Waals surface area contributed by atoms with Crippen molar-refractivity contribution < 1.29 is 9.90 Å². The second-order valence-corrected chi connectivity index (χ2v) is 5.05. The van der Waals surface area contributed by atoms with Crippen LogP contribution in [0, 0.1) is 0 Å². The number of hydrogen-bond donors (Lipinski definition) is 2. The van der Waals surface area contributed by atoms with E-state index in [1.54, 1.807) is 11.8 Å². The zero-order valence-electron chi connectivity index (χ0n) is 10.7. The van der Waals surface area contributed by atoms with Crippen LogP contribution in [0.3, 0.4) is 0 Å². The number of hydrogen-bond acceptors (Lipinski definition) is 3. The third kappa shape index (κ3) is 2.26. The molecule has 3 N–H and O–H groups in total. The van der Waals surface area contributed by atoms with Crippen LogP contribution in [-0.4, -0.2) is 35.1 Å². The molecule has 0 saturated carbocycles. The summed E-state index contributed by atoms with van der Waals surface area (Å²) in [6.45, 7) is 2.43. The van der Waals surface area contributed by atoms with E-state index in [9.17, 15) is 9.90 Å². The van der Waals surface area contributed by atoms with E-state index in [4.69, 9.17) is 5.73 Å². The van der Waals surface area contributed by atoms with Crippen molar-refractivity contribution in [3.05, 3.63) is 35.9 Å². The van der Waals surface area contributed by atoms with Crippen molar-refractivity contribution in [3.63, 3.8) is 0 Å². The van der Waals surface area contributed by atoms with Crippen LogP contribution >= 0.6 is 0 Å². The number of nitrogens with two attached hydrogens (primary N) is 1. The summed E-state index contributed by atoms with van der Waals surface area (Å²) in [7, 11) is 0. The predicted molar refractivity (Wildman–Crippen MR) is 69.8 cm³/mol. The zero-order valence-corrected chi connectivity index (χ0v) is 10.7. The molecule has 18 heavy (non-hydrogen) atoms. The topological polar surface area (TPSA) is 66.6 Å². The lowest BCUT2D eigenvalue weighted by atomic mass is 9.91. The smallest absolute Gasteiger partial charge is 0.247 e. The molecular formula is C14H20N2O2. The second-order valence-electron chi connectivity index (χ2n) is 5.05. The number of likely N-dealkylation sites (tertiary alicyclic amines) is 1. The highest BCUT2D eigenvalue weighted by molar-refractivity contribution is 5.87. The molecule has 98 valence electrons. The Bertz CT molecular complexity index is 417. The van der Waals surface area contributed by atoms with Gasteiger partial charge >= 0.3 is 0 Å². The van der Waals surface area contributed by atoms with Crippen molar-refractivity contribution >= 4 is 5.91 Å². The minimum absolute atomic E-state index is 0.0105. The molecule has 1 heterocycles. The van der Waals surface area contributed by atoms with Gasteiger partial charge in [0, 0.05) is 6.54 Å². The molecule has 0 bridgehead atoms. The zero-order chi connectivity index (χ0) is 13.2. The minimum Gasteiger partial charge on any atom is -0.394 e. The summed E-state index contributed by atoms with van der Waals surface area (Å²) in [4.78, 5) is 14.2. The molecule has 0 spiro atoms. The third-order valence-electron chi connectivity index (χ3n) is 3.67. The normalized spacial score (nSPS) is 22.8. The maximum Gasteiger partial charge on any atom is 0.247 e. The maximum atomic E-state index is 12.5. The van der Waals surface area contributed by atoms with Gasteiger partial charge in [0.25, 0.3) is 0 Å². The fourth-order valence-electron chi connectivity index (χ4n) is 2.50. The average molecular weight is 248 g/mol. The van der Waals surface area contributed by atoms with Gasteiger partial charge in [-0.05, 0) is 25.3 Å². The van der Waals surface area contributed by atoms with Crippen LogP contribution in [0.25, 0.3) is 0 Å². The summed E-state index contributed by atoms with van der Waals surface area (Å²) >= 11 is 0. The van der Waals surface area contributed by atoms with Crippen LogP contribution < -0.4 is 5.73 Å². The van der Waals surface area contributed by atoms with Gasteiger partial charge in [0.1, 0.15) is 5.54 Å². The summed E-state index contributed by atoms with van der Waals surface area (Å²) in [5.74, 6) is -0.106. The van der Waals surface area contributed by atoms with E-state index in [2.05, 4.69) is 0 Å². The van der Waals surface area contributed by atoms with E-state index in [0.717, 1.165) is 18.4 Å². The molecule has 1 saturated heterocycles. The standard InChI is InChI=1S/C14H20N2O2/c1-14(15,11-6-3-2-4-7-11)13(18)16-9-5-8-12(16)10-17/h2-4,6-7,12,17H,5,8-10,15H2,1H3. The Morgan fingerprint density at radius 1 is 1.50 bits per heavy atom. The lowest BCUT2D eigenvalue weighted by molar-refractivity contribution is -0.138. The molecule has 2 unspecified atom stereocenters. The van der Waals surface area contributed by atoms with Gasteiger partial charge in [0.2, 0.25) is 5.91 Å². The molecule has 2 rings (SSSR count). The Morgan fingerprint density at radius 3 is 2.78 bits per heavy atom. The van der Waals surface area contributed by atoms with Gasteiger partial charge in [0.15, 0.2) is 0 Å². The first-order valence-corrected chi connectivity index (χ1v) is 6.33. The summed E-state index contributed by atoms with van der Waals surface area (Å²) in [6.07, 6.45) is 1.79. The van der Waals surface area contributed by atoms with Crippen molar-refractivity contribution in [1.82, 2.24) is 4.90 Å². The summed E-state index contributed by atoms with van der Waals surface area (Å²) in [6, 6.07) is 9.30. The van der Waals surface area contributed by atoms with Crippen molar-refractivity contribution in [3.8, 4) is 0 Å². The van der Waals surface area contributed by atoms with Crippen molar-refractivity contribution in [2.45, 2.75) is 31.3 Å². The quantitative estimate of drug-likeness (QED) is 0.833. The van der Waals surface area contributed by atoms with E-state index in [1.807, 2.05) is 30.3 Å². The molecule has 1 aliphatic heterocycles. The van der Waals surface area contributed by atoms with E-state index < -0.39 is 5.54 Å². The molecule has 1 aliphatic rings. The van der Waals surface area contributed by atoms with Crippen LogP contribution in [-0.2, 0) is 10.3 Å². The molecule has 0 aromatic heterocycles. The second kappa shape index (κ2) is 5.08. The maximum absolute atomic E-state index is 12.5. The number of benzene rings is 1. The van der Waals surface area contributed by atoms with E-state index in [1.165, 1.54) is 0 Å². The fourth-order valence-corrected chi connectivity index (χ4v) is 2.50. The summed E-state index contributed by atoms with van der Waals surface area (Å²) < 4.78 is 0. The van der Waals surface area contributed by atoms with Crippen LogP contribution in [0.5, 0.6) is 0 Å². The molecule has 2 atom stereocenters. The Kier molecular flexibility index (Phi) is 3.68. The average Bonchev–Trinajstić information content (AvgIpc) is 2.87.